The summed E-state index contributed by atoms with van der Waals surface area (Å²) in [6.45, 7) is 4.93. The van der Waals surface area contributed by atoms with Crippen LogP contribution in [-0.4, -0.2) is 30.6 Å². The van der Waals surface area contributed by atoms with Crippen molar-refractivity contribution in [1.29, 1.82) is 0 Å². The minimum Gasteiger partial charge on any atom is -0.444 e. The maximum absolute atomic E-state index is 12.1. The van der Waals surface area contributed by atoms with E-state index in [0.29, 0.717) is 0 Å². The van der Waals surface area contributed by atoms with Gasteiger partial charge in [0.05, 0.1) is 11.9 Å². The fourth-order valence-electron chi connectivity index (χ4n) is 1.08. The van der Waals surface area contributed by atoms with E-state index < -0.39 is 33.2 Å². The third kappa shape index (κ3) is 5.39. The minimum atomic E-state index is -5.79. The van der Waals surface area contributed by atoms with Gasteiger partial charge in [-0.15, -0.1) is 0 Å². The Balaban J connectivity index is 2.74. The molecule has 22 heavy (non-hydrogen) atoms. The highest BCUT2D eigenvalue weighted by molar-refractivity contribution is 7.87. The van der Waals surface area contributed by atoms with Crippen molar-refractivity contribution in [3.63, 3.8) is 0 Å². The molecular formula is C11H13F3N2O5S. The highest BCUT2D eigenvalue weighted by Gasteiger charge is 2.48. The summed E-state index contributed by atoms with van der Waals surface area (Å²) in [7, 11) is -5.79. The quantitative estimate of drug-likeness (QED) is 0.670. The molecule has 0 aliphatic heterocycles. The number of nitrogens with one attached hydrogen (secondary N) is 1. The summed E-state index contributed by atoms with van der Waals surface area (Å²) >= 11 is 0. The third-order valence-electron chi connectivity index (χ3n) is 1.86. The number of nitrogens with zero attached hydrogens (tertiary/aromatic N) is 1. The van der Waals surface area contributed by atoms with Crippen LogP contribution in [0.2, 0.25) is 0 Å². The summed E-state index contributed by atoms with van der Waals surface area (Å²) in [5, 5.41) is 2.27. The van der Waals surface area contributed by atoms with Crippen molar-refractivity contribution in [3.8, 4) is 5.88 Å². The number of anilines is 1. The molecule has 1 heterocycles. The lowest BCUT2D eigenvalue weighted by Crippen LogP contribution is -2.28. The lowest BCUT2D eigenvalue weighted by Gasteiger charge is -2.19. The zero-order valence-corrected chi connectivity index (χ0v) is 12.6. The van der Waals surface area contributed by atoms with E-state index in [1.807, 2.05) is 0 Å². The Morgan fingerprint density at radius 2 is 1.82 bits per heavy atom. The highest BCUT2D eigenvalue weighted by Crippen LogP contribution is 2.26. The molecule has 1 amide bonds. The van der Waals surface area contributed by atoms with Crippen molar-refractivity contribution in [2.45, 2.75) is 31.9 Å². The molecule has 0 unspecified atom stereocenters. The van der Waals surface area contributed by atoms with E-state index in [4.69, 9.17) is 4.74 Å². The molecule has 0 bridgehead atoms. The average molecular weight is 342 g/mol. The van der Waals surface area contributed by atoms with E-state index in [2.05, 4.69) is 14.5 Å². The van der Waals surface area contributed by atoms with Crippen LogP contribution in [0.1, 0.15) is 20.8 Å². The number of ether oxygens (including phenoxy) is 1. The number of pyridine rings is 1. The molecule has 0 fully saturated rings. The van der Waals surface area contributed by atoms with Gasteiger partial charge in [-0.1, -0.05) is 0 Å². The molecule has 0 atom stereocenters. The van der Waals surface area contributed by atoms with E-state index in [1.54, 1.807) is 20.8 Å². The second kappa shape index (κ2) is 5.99. The standard InChI is InChI=1S/C11H13F3N2O5S/c1-10(2,3)20-9(17)16-7-4-5-8(15-6-7)21-22(18,19)11(12,13)14/h4-6H,1-3H3,(H,16,17). The van der Waals surface area contributed by atoms with Gasteiger partial charge >= 0.3 is 21.7 Å². The van der Waals surface area contributed by atoms with Gasteiger partial charge in [0.2, 0.25) is 5.88 Å². The smallest absolute Gasteiger partial charge is 0.444 e. The maximum Gasteiger partial charge on any atom is 0.534 e. The van der Waals surface area contributed by atoms with Gasteiger partial charge < -0.3 is 8.92 Å². The van der Waals surface area contributed by atoms with Crippen molar-refractivity contribution in [1.82, 2.24) is 4.98 Å². The van der Waals surface area contributed by atoms with Gasteiger partial charge in [0.1, 0.15) is 5.60 Å². The normalized spacial score (nSPS) is 12.6. The van der Waals surface area contributed by atoms with Gasteiger partial charge in [-0.2, -0.15) is 21.6 Å². The first-order chi connectivity index (χ1) is 9.80. The zero-order chi connectivity index (χ0) is 17.2. The number of hydrogen-bond donors (Lipinski definition) is 1. The van der Waals surface area contributed by atoms with Gasteiger partial charge in [-0.3, -0.25) is 5.32 Å². The molecule has 1 N–H and O–H groups in total. The molecule has 1 aromatic heterocycles. The maximum atomic E-state index is 12.1. The van der Waals surface area contributed by atoms with E-state index in [0.717, 1.165) is 18.3 Å². The second-order valence-electron chi connectivity index (χ2n) is 5.00. The number of carbonyl (C=O) groups excluding carboxylic acids is 1. The third-order valence-corrected chi connectivity index (χ3v) is 2.82. The van der Waals surface area contributed by atoms with Crippen molar-refractivity contribution in [3.05, 3.63) is 18.3 Å². The molecule has 7 nitrogen and oxygen atoms in total. The Morgan fingerprint density at radius 1 is 1.23 bits per heavy atom. The van der Waals surface area contributed by atoms with Crippen LogP contribution in [0, 0.1) is 0 Å². The van der Waals surface area contributed by atoms with Crippen molar-refractivity contribution in [2.24, 2.45) is 0 Å². The van der Waals surface area contributed by atoms with Crippen molar-refractivity contribution >= 4 is 21.9 Å². The van der Waals surface area contributed by atoms with E-state index >= 15 is 0 Å². The van der Waals surface area contributed by atoms with Crippen LogP contribution in [0.25, 0.3) is 0 Å². The Morgan fingerprint density at radius 3 is 2.23 bits per heavy atom. The van der Waals surface area contributed by atoms with E-state index in [1.165, 1.54) is 0 Å². The lowest BCUT2D eigenvalue weighted by molar-refractivity contribution is -0.0501. The molecule has 1 aromatic rings. The molecule has 0 aromatic carbocycles. The Kier molecular flexibility index (Phi) is 4.90. The van der Waals surface area contributed by atoms with Crippen LogP contribution in [0.3, 0.4) is 0 Å². The van der Waals surface area contributed by atoms with Gasteiger partial charge in [-0.05, 0) is 26.8 Å². The fraction of sp³-hybridized carbons (Fsp3) is 0.455. The molecule has 1 rings (SSSR count). The van der Waals surface area contributed by atoms with Gasteiger partial charge in [-0.25, -0.2) is 9.78 Å². The Labute approximate surface area is 124 Å². The first-order valence-electron chi connectivity index (χ1n) is 5.77. The van der Waals surface area contributed by atoms with Crippen LogP contribution in [-0.2, 0) is 14.9 Å². The fourth-order valence-corrected chi connectivity index (χ4v) is 1.50. The molecule has 11 heteroatoms. The van der Waals surface area contributed by atoms with Crippen LogP contribution in [0.4, 0.5) is 23.7 Å². The zero-order valence-electron chi connectivity index (χ0n) is 11.8. The van der Waals surface area contributed by atoms with Gasteiger partial charge in [0.25, 0.3) is 0 Å². The lowest BCUT2D eigenvalue weighted by atomic mass is 10.2. The van der Waals surface area contributed by atoms with Crippen LogP contribution < -0.4 is 9.50 Å². The first kappa shape index (κ1) is 18.0. The van der Waals surface area contributed by atoms with Crippen LogP contribution >= 0.6 is 0 Å². The number of alkyl halides is 3. The summed E-state index contributed by atoms with van der Waals surface area (Å²) in [6.07, 6.45) is 0.122. The molecular weight excluding hydrogens is 329 g/mol. The largest absolute Gasteiger partial charge is 0.534 e. The molecule has 0 aliphatic rings. The molecule has 0 spiro atoms. The van der Waals surface area contributed by atoms with Crippen molar-refractivity contribution in [2.75, 3.05) is 5.32 Å². The number of halogens is 3. The number of carbonyl (C=O) groups is 1. The van der Waals surface area contributed by atoms with Crippen LogP contribution in [0.15, 0.2) is 18.3 Å². The number of amides is 1. The number of hydrogen-bond acceptors (Lipinski definition) is 6. The monoisotopic (exact) mass is 342 g/mol. The molecule has 0 aliphatic carbocycles. The predicted octanol–water partition coefficient (Wildman–Crippen LogP) is 2.66. The highest BCUT2D eigenvalue weighted by atomic mass is 32.2. The minimum absolute atomic E-state index is 0.0889. The second-order valence-corrected chi connectivity index (χ2v) is 6.53. The van der Waals surface area contributed by atoms with Crippen LogP contribution in [0.5, 0.6) is 5.88 Å². The SMILES string of the molecule is CC(C)(C)OC(=O)Nc1ccc(OS(=O)(=O)C(F)(F)F)nc1. The Bertz CT molecular complexity index is 635. The molecule has 0 radical (unpaired) electrons. The van der Waals surface area contributed by atoms with Gasteiger partial charge in [0.15, 0.2) is 0 Å². The van der Waals surface area contributed by atoms with Gasteiger partial charge in [0, 0.05) is 6.07 Å². The molecule has 0 saturated carbocycles. The summed E-state index contributed by atoms with van der Waals surface area (Å²) in [6, 6.07) is 1.97. The average Bonchev–Trinajstić information content (AvgIpc) is 2.27. The predicted molar refractivity (Wildman–Crippen MR) is 69.7 cm³/mol. The first-order valence-corrected chi connectivity index (χ1v) is 7.18. The summed E-state index contributed by atoms with van der Waals surface area (Å²) in [5.41, 5.74) is -6.20. The summed E-state index contributed by atoms with van der Waals surface area (Å²) in [5.74, 6) is -0.785. The molecule has 124 valence electrons. The van der Waals surface area contributed by atoms with E-state index in [9.17, 15) is 26.4 Å². The number of aromatic nitrogens is 1. The van der Waals surface area contributed by atoms with Crippen molar-refractivity contribution < 1.29 is 35.3 Å². The topological polar surface area (TPSA) is 94.6 Å². The summed E-state index contributed by atoms with van der Waals surface area (Å²) in [4.78, 5) is 14.8. The Hall–Kier alpha value is -2.04. The molecule has 0 saturated heterocycles. The summed E-state index contributed by atoms with van der Waals surface area (Å²) < 4.78 is 66.6. The number of rotatable bonds is 3. The van der Waals surface area contributed by atoms with E-state index in [-0.39, 0.29) is 5.69 Å².